The minimum Gasteiger partial charge on any atom is -0.485 e. The zero-order chi connectivity index (χ0) is 12.4. The van der Waals surface area contributed by atoms with Gasteiger partial charge in [0.05, 0.1) is 12.2 Å². The molecule has 0 bridgehead atoms. The lowest BCUT2D eigenvalue weighted by atomic mass is 10.4. The van der Waals surface area contributed by atoms with Crippen molar-refractivity contribution in [2.45, 2.75) is 38.9 Å². The van der Waals surface area contributed by atoms with Gasteiger partial charge in [-0.05, 0) is 38.8 Å². The van der Waals surface area contributed by atoms with Gasteiger partial charge in [0.15, 0.2) is 5.75 Å². The molecule has 0 saturated heterocycles. The molecule has 1 saturated carbocycles. The molecule has 1 aromatic heterocycles. The number of nitrogens with zero attached hydrogens (tertiary/aromatic N) is 2. The van der Waals surface area contributed by atoms with E-state index in [1.165, 1.54) is 0 Å². The average Bonchev–Trinajstić information content (AvgIpc) is 3.03. The van der Waals surface area contributed by atoms with Crippen LogP contribution in [0.1, 0.15) is 26.7 Å². The third kappa shape index (κ3) is 3.25. The topological polar surface area (TPSA) is 34.6 Å². The molecule has 0 unspecified atom stereocenters. The first-order valence-corrected chi connectivity index (χ1v) is 6.08. The number of aromatic nitrogens is 1. The Bertz CT molecular complexity index is 387. The number of anilines is 1. The van der Waals surface area contributed by atoms with E-state index in [2.05, 4.69) is 4.98 Å². The highest BCUT2D eigenvalue weighted by Gasteiger charge is 2.25. The van der Waals surface area contributed by atoms with Crippen molar-refractivity contribution in [1.82, 2.24) is 4.98 Å². The summed E-state index contributed by atoms with van der Waals surface area (Å²) in [5, 5.41) is 0. The van der Waals surface area contributed by atoms with E-state index < -0.39 is 0 Å². The van der Waals surface area contributed by atoms with Gasteiger partial charge in [-0.3, -0.25) is 0 Å². The Morgan fingerprint density at radius 2 is 2.00 bits per heavy atom. The second kappa shape index (κ2) is 4.82. The molecule has 94 valence electrons. The molecule has 1 aromatic rings. The Balaban J connectivity index is 2.22. The maximum absolute atomic E-state index is 5.79. The summed E-state index contributed by atoms with van der Waals surface area (Å²) in [6.45, 7) is 3.98. The van der Waals surface area contributed by atoms with Gasteiger partial charge < -0.3 is 14.4 Å². The summed E-state index contributed by atoms with van der Waals surface area (Å²) in [6.07, 6.45) is 2.73. The predicted octanol–water partition coefficient (Wildman–Crippen LogP) is 2.48. The summed E-state index contributed by atoms with van der Waals surface area (Å²) in [5.74, 6) is 2.23. The maximum atomic E-state index is 5.79. The summed E-state index contributed by atoms with van der Waals surface area (Å²) in [4.78, 5) is 6.42. The highest BCUT2D eigenvalue weighted by molar-refractivity contribution is 5.46. The summed E-state index contributed by atoms with van der Waals surface area (Å²) >= 11 is 0. The first-order valence-electron chi connectivity index (χ1n) is 6.08. The van der Waals surface area contributed by atoms with Gasteiger partial charge in [-0.2, -0.15) is 4.98 Å². The van der Waals surface area contributed by atoms with Crippen LogP contribution < -0.4 is 14.4 Å². The Morgan fingerprint density at radius 1 is 1.29 bits per heavy atom. The molecule has 2 rings (SSSR count). The van der Waals surface area contributed by atoms with Gasteiger partial charge >= 0.3 is 0 Å². The number of pyridine rings is 1. The van der Waals surface area contributed by atoms with E-state index >= 15 is 0 Å². The number of ether oxygens (including phenoxy) is 2. The Kier molecular flexibility index (Phi) is 3.41. The van der Waals surface area contributed by atoms with Crippen molar-refractivity contribution in [2.24, 2.45) is 0 Å². The Morgan fingerprint density at radius 3 is 2.53 bits per heavy atom. The molecule has 0 radical (unpaired) electrons. The number of hydrogen-bond donors (Lipinski definition) is 0. The lowest BCUT2D eigenvalue weighted by molar-refractivity contribution is 0.208. The lowest BCUT2D eigenvalue weighted by Crippen LogP contribution is -2.14. The van der Waals surface area contributed by atoms with Gasteiger partial charge in [0.25, 0.3) is 5.88 Å². The largest absolute Gasteiger partial charge is 0.485 e. The number of hydrogen-bond acceptors (Lipinski definition) is 4. The van der Waals surface area contributed by atoms with E-state index in [4.69, 9.17) is 9.47 Å². The van der Waals surface area contributed by atoms with Crippen LogP contribution >= 0.6 is 0 Å². The van der Waals surface area contributed by atoms with Gasteiger partial charge in [0, 0.05) is 14.1 Å². The summed E-state index contributed by atoms with van der Waals surface area (Å²) in [7, 11) is 3.92. The summed E-state index contributed by atoms with van der Waals surface area (Å²) < 4.78 is 11.5. The average molecular weight is 236 g/mol. The van der Waals surface area contributed by atoms with Crippen LogP contribution in [0.4, 0.5) is 5.82 Å². The molecule has 0 aliphatic heterocycles. The van der Waals surface area contributed by atoms with E-state index in [-0.39, 0.29) is 6.10 Å². The van der Waals surface area contributed by atoms with Gasteiger partial charge in [-0.25, -0.2) is 0 Å². The van der Waals surface area contributed by atoms with Gasteiger partial charge in [-0.15, -0.1) is 0 Å². The zero-order valence-electron chi connectivity index (χ0n) is 10.9. The lowest BCUT2D eigenvalue weighted by Gasteiger charge is -2.17. The van der Waals surface area contributed by atoms with E-state index in [0.29, 0.717) is 12.0 Å². The minimum absolute atomic E-state index is 0.0986. The Hall–Kier alpha value is -1.45. The molecular formula is C13H20N2O2. The van der Waals surface area contributed by atoms with Crippen molar-refractivity contribution in [1.29, 1.82) is 0 Å². The van der Waals surface area contributed by atoms with Crippen molar-refractivity contribution < 1.29 is 9.47 Å². The molecule has 0 atom stereocenters. The smallest absolute Gasteiger partial charge is 0.259 e. The molecule has 1 heterocycles. The van der Waals surface area contributed by atoms with Gasteiger partial charge in [0.1, 0.15) is 5.82 Å². The molecule has 0 aromatic carbocycles. The Labute approximate surface area is 103 Å². The molecule has 1 fully saturated rings. The molecular weight excluding hydrogens is 216 g/mol. The fourth-order valence-corrected chi connectivity index (χ4v) is 1.43. The molecule has 4 nitrogen and oxygen atoms in total. The van der Waals surface area contributed by atoms with Crippen LogP contribution in [0.5, 0.6) is 11.6 Å². The fourth-order valence-electron chi connectivity index (χ4n) is 1.43. The van der Waals surface area contributed by atoms with Crippen molar-refractivity contribution in [2.75, 3.05) is 19.0 Å². The van der Waals surface area contributed by atoms with Crippen molar-refractivity contribution in [3.63, 3.8) is 0 Å². The molecule has 4 heteroatoms. The van der Waals surface area contributed by atoms with E-state index in [0.717, 1.165) is 24.4 Å². The van der Waals surface area contributed by atoms with Gasteiger partial charge in [0.2, 0.25) is 0 Å². The first kappa shape index (κ1) is 12.0. The predicted molar refractivity (Wildman–Crippen MR) is 68.0 cm³/mol. The SMILES string of the molecule is CC(C)Oc1nc(N(C)C)ccc1OC1CC1. The van der Waals surface area contributed by atoms with Crippen molar-refractivity contribution in [3.05, 3.63) is 12.1 Å². The van der Waals surface area contributed by atoms with Crippen LogP contribution in [0.25, 0.3) is 0 Å². The molecule has 1 aliphatic carbocycles. The second-order valence-electron chi connectivity index (χ2n) is 4.85. The zero-order valence-corrected chi connectivity index (χ0v) is 10.9. The van der Waals surface area contributed by atoms with Gasteiger partial charge in [-0.1, -0.05) is 0 Å². The number of rotatable bonds is 5. The van der Waals surface area contributed by atoms with Crippen molar-refractivity contribution >= 4 is 5.82 Å². The molecule has 17 heavy (non-hydrogen) atoms. The summed E-state index contributed by atoms with van der Waals surface area (Å²) in [5.41, 5.74) is 0. The van der Waals surface area contributed by atoms with E-state index in [9.17, 15) is 0 Å². The molecule has 0 amide bonds. The third-order valence-corrected chi connectivity index (χ3v) is 2.43. The van der Waals surface area contributed by atoms with E-state index in [1.54, 1.807) is 0 Å². The van der Waals surface area contributed by atoms with Crippen LogP contribution in [-0.2, 0) is 0 Å². The highest BCUT2D eigenvalue weighted by Crippen LogP contribution is 2.34. The van der Waals surface area contributed by atoms with Crippen LogP contribution in [0.2, 0.25) is 0 Å². The maximum Gasteiger partial charge on any atom is 0.259 e. The standard InChI is InChI=1S/C13H20N2O2/c1-9(2)16-13-11(17-10-5-6-10)7-8-12(14-13)15(3)4/h7-10H,5-6H2,1-4H3. The summed E-state index contributed by atoms with van der Waals surface area (Å²) in [6, 6.07) is 3.89. The van der Waals surface area contributed by atoms with Crippen LogP contribution in [-0.4, -0.2) is 31.3 Å². The fraction of sp³-hybridized carbons (Fsp3) is 0.615. The first-order chi connectivity index (χ1) is 8.06. The van der Waals surface area contributed by atoms with Crippen LogP contribution in [0, 0.1) is 0 Å². The van der Waals surface area contributed by atoms with Crippen LogP contribution in [0.3, 0.4) is 0 Å². The van der Waals surface area contributed by atoms with Crippen LogP contribution in [0.15, 0.2) is 12.1 Å². The quantitative estimate of drug-likeness (QED) is 0.786. The minimum atomic E-state index is 0.0986. The monoisotopic (exact) mass is 236 g/mol. The highest BCUT2D eigenvalue weighted by atomic mass is 16.5. The van der Waals surface area contributed by atoms with Crippen molar-refractivity contribution in [3.8, 4) is 11.6 Å². The molecule has 0 spiro atoms. The molecule has 0 N–H and O–H groups in total. The normalized spacial score (nSPS) is 14.9. The third-order valence-electron chi connectivity index (χ3n) is 2.43. The second-order valence-corrected chi connectivity index (χ2v) is 4.85. The molecule has 1 aliphatic rings. The van der Waals surface area contributed by atoms with E-state index in [1.807, 2.05) is 45.0 Å².